The Bertz CT molecular complexity index is 735. The lowest BCUT2D eigenvalue weighted by Crippen LogP contribution is -1.69. The molecule has 17 nitrogen and oxygen atoms in total. The Labute approximate surface area is 170 Å². The van der Waals surface area contributed by atoms with Crippen molar-refractivity contribution in [2.24, 2.45) is 0 Å². The van der Waals surface area contributed by atoms with E-state index >= 15 is 0 Å². The first kappa shape index (κ1) is 23.6. The van der Waals surface area contributed by atoms with Crippen LogP contribution in [0.15, 0.2) is 19.0 Å². The zero-order chi connectivity index (χ0) is 22.0. The Morgan fingerprint density at radius 2 is 0.867 bits per heavy atom. The number of tetrazole rings is 2. The van der Waals surface area contributed by atoms with Crippen LogP contribution in [0.25, 0.3) is 0 Å². The second-order valence-corrected chi connectivity index (χ2v) is 5.13. The van der Waals surface area contributed by atoms with Gasteiger partial charge in [-0.25, -0.2) is 15.0 Å². The lowest BCUT2D eigenvalue weighted by molar-refractivity contribution is 0.881. The van der Waals surface area contributed by atoms with E-state index < -0.39 is 0 Å². The van der Waals surface area contributed by atoms with Crippen LogP contribution in [-0.4, -0.2) is 86.8 Å². The quantitative estimate of drug-likeness (QED) is 0.211. The van der Waals surface area contributed by atoms with Crippen LogP contribution in [0.1, 0.15) is 29.1 Å². The number of nitrogens with one attached hydrogen (secondary N) is 5. The molecule has 0 amide bonds. The molecular weight excluding hydrogens is 394 g/mol. The van der Waals surface area contributed by atoms with Crippen molar-refractivity contribution in [2.75, 3.05) is 0 Å². The van der Waals surface area contributed by atoms with E-state index in [0.29, 0.717) is 11.6 Å². The topological polar surface area (TPSA) is 234 Å². The summed E-state index contributed by atoms with van der Waals surface area (Å²) < 4.78 is 0. The van der Waals surface area contributed by atoms with Crippen LogP contribution in [0.4, 0.5) is 0 Å². The molecule has 0 saturated carbocycles. The standard InChI is InChI=1S/3C3H5N3.2C2H4N4/c3*1-3-4-2-5-6-3;2*1-2-3-5-6-4-2/h3*2H,1H3,(H,4,5,6);2*1H3,(H,3,4,5,6). The van der Waals surface area contributed by atoms with Gasteiger partial charge >= 0.3 is 0 Å². The molecule has 0 aromatic carbocycles. The summed E-state index contributed by atoms with van der Waals surface area (Å²) in [5, 5.41) is 44.1. The summed E-state index contributed by atoms with van der Waals surface area (Å²) >= 11 is 0. The van der Waals surface area contributed by atoms with Gasteiger partial charge in [-0.2, -0.15) is 25.7 Å². The van der Waals surface area contributed by atoms with E-state index in [0.717, 1.165) is 17.5 Å². The molecule has 5 N–H and O–H groups in total. The first-order valence-electron chi connectivity index (χ1n) is 8.33. The molecule has 5 heterocycles. The molecule has 5 aromatic rings. The maximum atomic E-state index is 3.75. The van der Waals surface area contributed by atoms with E-state index in [1.165, 1.54) is 19.0 Å². The highest BCUT2D eigenvalue weighted by molar-refractivity contribution is 4.71. The van der Waals surface area contributed by atoms with Crippen molar-refractivity contribution < 1.29 is 0 Å². The third-order valence-electron chi connectivity index (χ3n) is 2.51. The van der Waals surface area contributed by atoms with Crippen LogP contribution in [-0.2, 0) is 0 Å². The van der Waals surface area contributed by atoms with Gasteiger partial charge in [-0.3, -0.25) is 15.3 Å². The van der Waals surface area contributed by atoms with Crippen molar-refractivity contribution in [3.63, 3.8) is 0 Å². The van der Waals surface area contributed by atoms with Crippen LogP contribution in [0.3, 0.4) is 0 Å². The molecule has 17 heteroatoms. The summed E-state index contributed by atoms with van der Waals surface area (Å²) in [6.45, 7) is 9.10. The van der Waals surface area contributed by atoms with Crippen molar-refractivity contribution >= 4 is 0 Å². The van der Waals surface area contributed by atoms with E-state index in [9.17, 15) is 0 Å². The number of aryl methyl sites for hydroxylation is 5. The third-order valence-corrected chi connectivity index (χ3v) is 2.51. The summed E-state index contributed by atoms with van der Waals surface area (Å²) in [7, 11) is 0. The van der Waals surface area contributed by atoms with Gasteiger partial charge in [0.25, 0.3) is 0 Å². The molecule has 0 bridgehead atoms. The molecule has 0 unspecified atom stereocenters. The Kier molecular flexibility index (Phi) is 11.5. The normalized spacial score (nSPS) is 8.83. The Balaban J connectivity index is 0.000000187. The highest BCUT2D eigenvalue weighted by atomic mass is 15.5. The average Bonchev–Trinajstić information content (AvgIpc) is 3.50. The number of aromatic amines is 5. The van der Waals surface area contributed by atoms with Crippen molar-refractivity contribution in [2.45, 2.75) is 34.6 Å². The van der Waals surface area contributed by atoms with Gasteiger partial charge in [-0.15, -0.1) is 20.4 Å². The van der Waals surface area contributed by atoms with Crippen LogP contribution < -0.4 is 0 Å². The second kappa shape index (κ2) is 14.6. The predicted octanol–water partition coefficient (Wildman–Crippen LogP) is -0.644. The molecule has 0 atom stereocenters. The first-order valence-corrected chi connectivity index (χ1v) is 8.33. The van der Waals surface area contributed by atoms with E-state index in [1.807, 2.05) is 20.8 Å². The summed E-state index contributed by atoms with van der Waals surface area (Å²) in [6.07, 6.45) is 4.44. The lowest BCUT2D eigenvalue weighted by Gasteiger charge is -1.66. The summed E-state index contributed by atoms with van der Waals surface area (Å²) in [4.78, 5) is 11.2. The highest BCUT2D eigenvalue weighted by Gasteiger charge is 1.79. The Morgan fingerprint density at radius 1 is 0.533 bits per heavy atom. The Hall–Kier alpha value is -4.44. The number of rotatable bonds is 0. The molecule has 160 valence electrons. The van der Waals surface area contributed by atoms with Crippen molar-refractivity contribution in [1.82, 2.24) is 86.8 Å². The minimum absolute atomic E-state index is 0.676. The fourth-order valence-electron chi connectivity index (χ4n) is 1.22. The van der Waals surface area contributed by atoms with Crippen LogP contribution >= 0.6 is 0 Å². The molecular formula is C13H23N17. The van der Waals surface area contributed by atoms with Gasteiger partial charge in [0.2, 0.25) is 0 Å². The van der Waals surface area contributed by atoms with Gasteiger partial charge < -0.3 is 0 Å². The van der Waals surface area contributed by atoms with Crippen LogP contribution in [0.5, 0.6) is 0 Å². The summed E-state index contributed by atoms with van der Waals surface area (Å²) in [5.74, 6) is 3.92. The average molecular weight is 417 g/mol. The minimum Gasteiger partial charge on any atom is -0.264 e. The maximum absolute atomic E-state index is 3.75. The van der Waals surface area contributed by atoms with Gasteiger partial charge in [-0.1, -0.05) is 10.4 Å². The van der Waals surface area contributed by atoms with E-state index in [2.05, 4.69) is 86.8 Å². The zero-order valence-electron chi connectivity index (χ0n) is 17.1. The van der Waals surface area contributed by atoms with Gasteiger partial charge in [0.1, 0.15) is 36.5 Å². The minimum atomic E-state index is 0.676. The number of hydrogen-bond acceptors (Lipinski definition) is 12. The second-order valence-electron chi connectivity index (χ2n) is 5.13. The third kappa shape index (κ3) is 12.8. The molecule has 0 aliphatic carbocycles. The number of hydrogen-bond donors (Lipinski definition) is 5. The molecule has 5 rings (SSSR count). The summed E-state index contributed by atoms with van der Waals surface area (Å²) in [5.41, 5.74) is 0. The van der Waals surface area contributed by atoms with Crippen molar-refractivity contribution in [3.8, 4) is 0 Å². The number of nitrogens with zero attached hydrogens (tertiary/aromatic N) is 12. The molecule has 0 radical (unpaired) electrons. The maximum Gasteiger partial charge on any atom is 0.171 e. The number of H-pyrrole nitrogens is 5. The molecule has 5 aromatic heterocycles. The van der Waals surface area contributed by atoms with Crippen molar-refractivity contribution in [1.29, 1.82) is 0 Å². The van der Waals surface area contributed by atoms with Gasteiger partial charge in [0.05, 0.1) is 0 Å². The van der Waals surface area contributed by atoms with Gasteiger partial charge in [0, 0.05) is 0 Å². The van der Waals surface area contributed by atoms with E-state index in [4.69, 9.17) is 0 Å². The molecule has 0 aliphatic rings. The van der Waals surface area contributed by atoms with Gasteiger partial charge in [-0.05, 0) is 34.6 Å². The predicted molar refractivity (Wildman–Crippen MR) is 101 cm³/mol. The van der Waals surface area contributed by atoms with Gasteiger partial charge in [0.15, 0.2) is 11.6 Å². The lowest BCUT2D eigenvalue weighted by atomic mass is 10.8. The van der Waals surface area contributed by atoms with Crippen LogP contribution in [0, 0.1) is 34.6 Å². The molecule has 0 aliphatic heterocycles. The van der Waals surface area contributed by atoms with E-state index in [1.54, 1.807) is 13.8 Å². The molecule has 0 fully saturated rings. The largest absolute Gasteiger partial charge is 0.264 e. The Morgan fingerprint density at radius 3 is 0.933 bits per heavy atom. The van der Waals surface area contributed by atoms with Crippen molar-refractivity contribution in [3.05, 3.63) is 48.1 Å². The number of aromatic nitrogens is 17. The SMILES string of the molecule is Cc1ncn[nH]1.Cc1ncn[nH]1.Cc1ncn[nH]1.Cc1nn[nH]n1.Cc1nn[nH]n1. The highest BCUT2D eigenvalue weighted by Crippen LogP contribution is 1.74. The monoisotopic (exact) mass is 417 g/mol. The molecule has 0 saturated heterocycles. The fourth-order valence-corrected chi connectivity index (χ4v) is 1.22. The summed E-state index contributed by atoms with van der Waals surface area (Å²) in [6, 6.07) is 0. The molecule has 30 heavy (non-hydrogen) atoms. The van der Waals surface area contributed by atoms with Crippen LogP contribution in [0.2, 0.25) is 0 Å². The smallest absolute Gasteiger partial charge is 0.171 e. The first-order chi connectivity index (χ1) is 14.5. The zero-order valence-corrected chi connectivity index (χ0v) is 17.1. The fraction of sp³-hybridized carbons (Fsp3) is 0.385. The van der Waals surface area contributed by atoms with E-state index in [-0.39, 0.29) is 0 Å². The molecule has 0 spiro atoms.